The Morgan fingerprint density at radius 3 is 2.71 bits per heavy atom. The minimum atomic E-state index is -2.78. The van der Waals surface area contributed by atoms with E-state index in [-0.39, 0.29) is 16.7 Å². The van der Waals surface area contributed by atoms with Gasteiger partial charge in [0.15, 0.2) is 6.29 Å². The molecule has 0 aliphatic carbocycles. The standard InChI is InChI=1S/C8H7BrF2N2O/c9-6-1-4(2-12)5(3-14)7(13-6)8(10)11/h1,3,8H,2,12H2. The molecule has 0 aromatic carbocycles. The van der Waals surface area contributed by atoms with Crippen LogP contribution in [0.3, 0.4) is 0 Å². The summed E-state index contributed by atoms with van der Waals surface area (Å²) in [5.74, 6) is 0. The van der Waals surface area contributed by atoms with Crippen LogP contribution in [0.25, 0.3) is 0 Å². The van der Waals surface area contributed by atoms with Gasteiger partial charge in [0.05, 0.1) is 0 Å². The summed E-state index contributed by atoms with van der Waals surface area (Å²) in [5.41, 5.74) is 5.02. The van der Waals surface area contributed by atoms with Crippen molar-refractivity contribution in [1.82, 2.24) is 4.98 Å². The molecule has 1 aromatic rings. The summed E-state index contributed by atoms with van der Waals surface area (Å²) < 4.78 is 25.1. The fourth-order valence-corrected chi connectivity index (χ4v) is 1.53. The summed E-state index contributed by atoms with van der Waals surface area (Å²) in [6.07, 6.45) is -2.43. The molecule has 0 saturated carbocycles. The number of aldehydes is 1. The van der Waals surface area contributed by atoms with E-state index in [0.717, 1.165) is 0 Å². The molecule has 0 aliphatic rings. The molecule has 76 valence electrons. The number of hydrogen-bond donors (Lipinski definition) is 1. The Balaban J connectivity index is 3.39. The van der Waals surface area contributed by atoms with Crippen molar-refractivity contribution < 1.29 is 13.6 Å². The van der Waals surface area contributed by atoms with Gasteiger partial charge in [-0.1, -0.05) is 0 Å². The van der Waals surface area contributed by atoms with Crippen LogP contribution in [-0.4, -0.2) is 11.3 Å². The Labute approximate surface area is 87.4 Å². The molecule has 0 radical (unpaired) electrons. The first kappa shape index (κ1) is 11.2. The van der Waals surface area contributed by atoms with E-state index in [1.807, 2.05) is 0 Å². The van der Waals surface area contributed by atoms with E-state index < -0.39 is 12.1 Å². The van der Waals surface area contributed by atoms with Gasteiger partial charge in [0.1, 0.15) is 10.3 Å². The summed E-state index contributed by atoms with van der Waals surface area (Å²) in [7, 11) is 0. The Bertz CT molecular complexity index is 357. The van der Waals surface area contributed by atoms with Crippen molar-refractivity contribution in [3.05, 3.63) is 27.5 Å². The summed E-state index contributed by atoms with van der Waals surface area (Å²) in [4.78, 5) is 14.1. The Morgan fingerprint density at radius 2 is 2.29 bits per heavy atom. The minimum Gasteiger partial charge on any atom is -0.326 e. The van der Waals surface area contributed by atoms with Crippen LogP contribution in [0, 0.1) is 0 Å². The van der Waals surface area contributed by atoms with Crippen molar-refractivity contribution in [2.75, 3.05) is 0 Å². The maximum Gasteiger partial charge on any atom is 0.281 e. The van der Waals surface area contributed by atoms with Gasteiger partial charge >= 0.3 is 0 Å². The quantitative estimate of drug-likeness (QED) is 0.672. The molecule has 6 heteroatoms. The Hall–Kier alpha value is -0.880. The van der Waals surface area contributed by atoms with Crippen molar-refractivity contribution in [3.8, 4) is 0 Å². The number of nitrogens with two attached hydrogens (primary N) is 1. The lowest BCUT2D eigenvalue weighted by Crippen LogP contribution is -2.07. The number of nitrogens with zero attached hydrogens (tertiary/aromatic N) is 1. The van der Waals surface area contributed by atoms with Crippen LogP contribution in [0.5, 0.6) is 0 Å². The van der Waals surface area contributed by atoms with E-state index in [9.17, 15) is 13.6 Å². The minimum absolute atomic E-state index is 0.0227. The lowest BCUT2D eigenvalue weighted by Gasteiger charge is -2.07. The molecule has 0 atom stereocenters. The third kappa shape index (κ3) is 2.13. The number of carbonyl (C=O) groups excluding carboxylic acids is 1. The van der Waals surface area contributed by atoms with Gasteiger partial charge in [-0.25, -0.2) is 13.8 Å². The summed E-state index contributed by atoms with van der Waals surface area (Å²) in [6.45, 7) is 0.0227. The number of rotatable bonds is 3. The van der Waals surface area contributed by atoms with E-state index in [4.69, 9.17) is 5.73 Å². The van der Waals surface area contributed by atoms with E-state index in [1.54, 1.807) is 0 Å². The highest BCUT2D eigenvalue weighted by atomic mass is 79.9. The average molecular weight is 265 g/mol. The van der Waals surface area contributed by atoms with Crippen LogP contribution in [-0.2, 0) is 6.54 Å². The first-order valence-electron chi connectivity index (χ1n) is 3.72. The molecule has 1 rings (SSSR count). The van der Waals surface area contributed by atoms with Gasteiger partial charge in [-0.2, -0.15) is 0 Å². The van der Waals surface area contributed by atoms with Crippen LogP contribution in [0.4, 0.5) is 8.78 Å². The van der Waals surface area contributed by atoms with E-state index in [2.05, 4.69) is 20.9 Å². The topological polar surface area (TPSA) is 56.0 Å². The highest BCUT2D eigenvalue weighted by Gasteiger charge is 2.18. The molecular formula is C8H7BrF2N2O. The average Bonchev–Trinajstić information content (AvgIpc) is 2.16. The Morgan fingerprint density at radius 1 is 1.64 bits per heavy atom. The van der Waals surface area contributed by atoms with Crippen molar-refractivity contribution >= 4 is 22.2 Å². The molecule has 0 fully saturated rings. The normalized spacial score (nSPS) is 10.6. The second-order valence-corrected chi connectivity index (χ2v) is 3.34. The summed E-state index contributed by atoms with van der Waals surface area (Å²) in [5, 5.41) is 0. The van der Waals surface area contributed by atoms with Gasteiger partial charge in [-0.15, -0.1) is 0 Å². The zero-order valence-corrected chi connectivity index (χ0v) is 8.59. The van der Waals surface area contributed by atoms with Gasteiger partial charge in [0.2, 0.25) is 0 Å². The summed E-state index contributed by atoms with van der Waals surface area (Å²) >= 11 is 2.97. The predicted molar refractivity (Wildman–Crippen MR) is 50.2 cm³/mol. The molecule has 1 heterocycles. The molecule has 0 saturated heterocycles. The van der Waals surface area contributed by atoms with Gasteiger partial charge in [0.25, 0.3) is 6.43 Å². The lowest BCUT2D eigenvalue weighted by atomic mass is 10.1. The van der Waals surface area contributed by atoms with Crippen LogP contribution in [0.2, 0.25) is 0 Å². The number of pyridine rings is 1. The molecule has 0 spiro atoms. The molecule has 2 N–H and O–H groups in total. The monoisotopic (exact) mass is 264 g/mol. The third-order valence-electron chi connectivity index (χ3n) is 1.69. The van der Waals surface area contributed by atoms with Gasteiger partial charge < -0.3 is 5.73 Å². The number of carbonyl (C=O) groups is 1. The fourth-order valence-electron chi connectivity index (χ4n) is 1.06. The second-order valence-electron chi connectivity index (χ2n) is 2.53. The molecule has 0 unspecified atom stereocenters. The lowest BCUT2D eigenvalue weighted by molar-refractivity contribution is 0.110. The van der Waals surface area contributed by atoms with Crippen LogP contribution in [0.1, 0.15) is 28.0 Å². The smallest absolute Gasteiger partial charge is 0.281 e. The fraction of sp³-hybridized carbons (Fsp3) is 0.250. The first-order valence-corrected chi connectivity index (χ1v) is 4.52. The van der Waals surface area contributed by atoms with E-state index in [0.29, 0.717) is 11.8 Å². The predicted octanol–water partition coefficient (Wildman–Crippen LogP) is 2.05. The van der Waals surface area contributed by atoms with E-state index >= 15 is 0 Å². The van der Waals surface area contributed by atoms with Crippen molar-refractivity contribution in [2.24, 2.45) is 5.73 Å². The molecule has 0 bridgehead atoms. The number of aromatic nitrogens is 1. The number of halogens is 3. The Kier molecular flexibility index (Phi) is 3.65. The maximum atomic E-state index is 12.4. The molecular weight excluding hydrogens is 258 g/mol. The third-order valence-corrected chi connectivity index (χ3v) is 2.09. The molecule has 3 nitrogen and oxygen atoms in total. The zero-order valence-electron chi connectivity index (χ0n) is 7.01. The number of hydrogen-bond acceptors (Lipinski definition) is 3. The largest absolute Gasteiger partial charge is 0.326 e. The van der Waals surface area contributed by atoms with Crippen molar-refractivity contribution in [1.29, 1.82) is 0 Å². The summed E-state index contributed by atoms with van der Waals surface area (Å²) in [6, 6.07) is 1.45. The molecule has 14 heavy (non-hydrogen) atoms. The molecule has 0 aliphatic heterocycles. The molecule has 0 amide bonds. The van der Waals surface area contributed by atoms with Gasteiger partial charge in [-0.3, -0.25) is 4.79 Å². The second kappa shape index (κ2) is 4.56. The highest BCUT2D eigenvalue weighted by Crippen LogP contribution is 2.24. The van der Waals surface area contributed by atoms with E-state index in [1.165, 1.54) is 6.07 Å². The first-order chi connectivity index (χ1) is 6.60. The number of alkyl halides is 2. The van der Waals surface area contributed by atoms with Crippen LogP contribution in [0.15, 0.2) is 10.7 Å². The van der Waals surface area contributed by atoms with Crippen molar-refractivity contribution in [3.63, 3.8) is 0 Å². The van der Waals surface area contributed by atoms with Crippen LogP contribution < -0.4 is 5.73 Å². The molecule has 1 aromatic heterocycles. The van der Waals surface area contributed by atoms with Crippen molar-refractivity contribution in [2.45, 2.75) is 13.0 Å². The maximum absolute atomic E-state index is 12.4. The highest BCUT2D eigenvalue weighted by molar-refractivity contribution is 9.10. The van der Waals surface area contributed by atoms with Gasteiger partial charge in [-0.05, 0) is 27.6 Å². The SMILES string of the molecule is NCc1cc(Br)nc(C(F)F)c1C=O. The van der Waals surface area contributed by atoms with Crippen LogP contribution >= 0.6 is 15.9 Å². The van der Waals surface area contributed by atoms with Gasteiger partial charge in [0, 0.05) is 12.1 Å². The zero-order chi connectivity index (χ0) is 10.7.